The Hall–Kier alpha value is -1.32. The van der Waals surface area contributed by atoms with Gasteiger partial charge in [-0.15, -0.1) is 6.58 Å². The molecule has 0 aromatic heterocycles. The van der Waals surface area contributed by atoms with Crippen LogP contribution in [0.5, 0.6) is 0 Å². The van der Waals surface area contributed by atoms with Gasteiger partial charge in [-0.3, -0.25) is 4.79 Å². The molecule has 1 aromatic rings. The molecule has 17 heavy (non-hydrogen) atoms. The molecule has 1 N–H and O–H groups in total. The zero-order valence-corrected chi connectivity index (χ0v) is 10.6. The van der Waals surface area contributed by atoms with Gasteiger partial charge in [0.05, 0.1) is 7.11 Å². The summed E-state index contributed by atoms with van der Waals surface area (Å²) >= 11 is 5.77. The van der Waals surface area contributed by atoms with Crippen LogP contribution in [0.4, 0.5) is 0 Å². The van der Waals surface area contributed by atoms with Crippen molar-refractivity contribution in [2.45, 2.75) is 12.5 Å². The van der Waals surface area contributed by atoms with Gasteiger partial charge in [0, 0.05) is 5.02 Å². The fourth-order valence-corrected chi connectivity index (χ4v) is 1.78. The zero-order valence-electron chi connectivity index (χ0n) is 9.81. The number of hydrogen-bond acceptors (Lipinski definition) is 3. The Balaban J connectivity index is 3.11. The van der Waals surface area contributed by atoms with Gasteiger partial charge >= 0.3 is 5.97 Å². The normalized spacial score (nSPS) is 15.8. The molecule has 1 aromatic carbocycles. The highest BCUT2D eigenvalue weighted by Crippen LogP contribution is 2.31. The van der Waals surface area contributed by atoms with Gasteiger partial charge < -0.3 is 9.84 Å². The monoisotopic (exact) mass is 254 g/mol. The first-order valence-electron chi connectivity index (χ1n) is 5.12. The van der Waals surface area contributed by atoms with Crippen molar-refractivity contribution in [1.29, 1.82) is 0 Å². The summed E-state index contributed by atoms with van der Waals surface area (Å²) < 4.78 is 4.64. The van der Waals surface area contributed by atoms with E-state index in [4.69, 9.17) is 11.6 Å². The van der Waals surface area contributed by atoms with Crippen LogP contribution in [0, 0.1) is 5.92 Å². The van der Waals surface area contributed by atoms with Crippen LogP contribution in [-0.4, -0.2) is 18.2 Å². The Morgan fingerprint density at radius 3 is 2.47 bits per heavy atom. The van der Waals surface area contributed by atoms with Crippen LogP contribution in [-0.2, 0) is 15.1 Å². The third-order valence-corrected chi connectivity index (χ3v) is 2.98. The fraction of sp³-hybridized carbons (Fsp3) is 0.308. The highest BCUT2D eigenvalue weighted by molar-refractivity contribution is 6.30. The summed E-state index contributed by atoms with van der Waals surface area (Å²) in [6.07, 6.45) is 1.38. The van der Waals surface area contributed by atoms with Gasteiger partial charge in [0.2, 0.25) is 0 Å². The number of halogens is 1. The lowest BCUT2D eigenvalue weighted by atomic mass is 9.83. The van der Waals surface area contributed by atoms with Gasteiger partial charge in [0.25, 0.3) is 0 Å². The van der Waals surface area contributed by atoms with Crippen molar-refractivity contribution in [3.8, 4) is 0 Å². The molecule has 0 fully saturated rings. The average molecular weight is 255 g/mol. The van der Waals surface area contributed by atoms with Gasteiger partial charge in [0.1, 0.15) is 11.5 Å². The van der Waals surface area contributed by atoms with Crippen LogP contribution in [0.2, 0.25) is 5.02 Å². The van der Waals surface area contributed by atoms with E-state index in [1.54, 1.807) is 31.2 Å². The molecule has 0 unspecified atom stereocenters. The Morgan fingerprint density at radius 2 is 2.06 bits per heavy atom. The molecule has 0 heterocycles. The molecule has 0 aliphatic heterocycles. The first kappa shape index (κ1) is 13.7. The summed E-state index contributed by atoms with van der Waals surface area (Å²) in [6, 6.07) is 6.65. The van der Waals surface area contributed by atoms with Gasteiger partial charge in [-0.05, 0) is 24.6 Å². The average Bonchev–Trinajstić information content (AvgIpc) is 2.29. The summed E-state index contributed by atoms with van der Waals surface area (Å²) in [4.78, 5) is 11.6. The molecule has 0 saturated carbocycles. The van der Waals surface area contributed by atoms with E-state index in [0.717, 1.165) is 0 Å². The molecular weight excluding hydrogens is 240 g/mol. The van der Waals surface area contributed by atoms with Gasteiger partial charge in [0.15, 0.2) is 0 Å². The van der Waals surface area contributed by atoms with Crippen LogP contribution >= 0.6 is 11.6 Å². The number of rotatable bonds is 4. The van der Waals surface area contributed by atoms with E-state index in [1.807, 2.05) is 0 Å². The number of carbonyl (C=O) groups is 1. The van der Waals surface area contributed by atoms with Crippen LogP contribution in [0.25, 0.3) is 0 Å². The molecule has 4 heteroatoms. The lowest BCUT2D eigenvalue weighted by molar-refractivity contribution is -0.152. The quantitative estimate of drug-likeness (QED) is 0.663. The van der Waals surface area contributed by atoms with Gasteiger partial charge in [-0.25, -0.2) is 0 Å². The standard InChI is InChI=1S/C13H15ClO3/c1-4-11(12(15)17-3)13(2,16)9-5-7-10(14)8-6-9/h4-8,11,16H,1H2,2-3H3/t11-,13-/m0/s1. The second kappa shape index (κ2) is 5.34. The first-order valence-corrected chi connectivity index (χ1v) is 5.50. The molecular formula is C13H15ClO3. The third-order valence-electron chi connectivity index (χ3n) is 2.73. The maximum Gasteiger partial charge on any atom is 0.315 e. The largest absolute Gasteiger partial charge is 0.468 e. The molecule has 2 atom stereocenters. The summed E-state index contributed by atoms with van der Waals surface area (Å²) in [5, 5.41) is 11.0. The summed E-state index contributed by atoms with van der Waals surface area (Å²) in [5.41, 5.74) is -0.795. The Bertz CT molecular complexity index is 409. The number of carbonyl (C=O) groups excluding carboxylic acids is 1. The Morgan fingerprint density at radius 1 is 1.53 bits per heavy atom. The van der Waals surface area contributed by atoms with Crippen molar-refractivity contribution in [3.63, 3.8) is 0 Å². The predicted octanol–water partition coefficient (Wildman–Crippen LogP) is 2.52. The van der Waals surface area contributed by atoms with E-state index in [1.165, 1.54) is 13.2 Å². The molecule has 0 bridgehead atoms. The van der Waals surface area contributed by atoms with Crippen molar-refractivity contribution >= 4 is 17.6 Å². The number of methoxy groups -OCH3 is 1. The van der Waals surface area contributed by atoms with Crippen LogP contribution in [0.15, 0.2) is 36.9 Å². The topological polar surface area (TPSA) is 46.5 Å². The minimum absolute atomic E-state index is 0.528. The number of benzene rings is 1. The number of esters is 1. The van der Waals surface area contributed by atoms with Crippen molar-refractivity contribution in [1.82, 2.24) is 0 Å². The molecule has 0 aliphatic carbocycles. The lowest BCUT2D eigenvalue weighted by Crippen LogP contribution is -2.36. The second-order valence-electron chi connectivity index (χ2n) is 3.89. The Kier molecular flexibility index (Phi) is 4.32. The van der Waals surface area contributed by atoms with E-state index in [0.29, 0.717) is 10.6 Å². The van der Waals surface area contributed by atoms with E-state index in [2.05, 4.69) is 11.3 Å². The molecule has 1 rings (SSSR count). The zero-order chi connectivity index (χ0) is 13.1. The minimum atomic E-state index is -1.38. The molecule has 3 nitrogen and oxygen atoms in total. The minimum Gasteiger partial charge on any atom is -0.468 e. The first-order chi connectivity index (χ1) is 7.93. The summed E-state index contributed by atoms with van der Waals surface area (Å²) in [6.45, 7) is 5.09. The molecule has 0 spiro atoms. The van der Waals surface area contributed by atoms with E-state index in [-0.39, 0.29) is 0 Å². The number of hydrogen-bond donors (Lipinski definition) is 1. The lowest BCUT2D eigenvalue weighted by Gasteiger charge is -2.29. The smallest absolute Gasteiger partial charge is 0.315 e. The molecule has 0 saturated heterocycles. The van der Waals surface area contributed by atoms with Crippen molar-refractivity contribution in [2.75, 3.05) is 7.11 Å². The maximum atomic E-state index is 11.6. The van der Waals surface area contributed by atoms with Crippen LogP contribution in [0.3, 0.4) is 0 Å². The molecule has 0 aliphatic rings. The van der Waals surface area contributed by atoms with E-state index < -0.39 is 17.5 Å². The van der Waals surface area contributed by atoms with Crippen molar-refractivity contribution in [3.05, 3.63) is 47.5 Å². The number of aliphatic hydroxyl groups is 1. The highest BCUT2D eigenvalue weighted by Gasteiger charge is 2.37. The highest BCUT2D eigenvalue weighted by atomic mass is 35.5. The molecule has 0 amide bonds. The fourth-order valence-electron chi connectivity index (χ4n) is 1.65. The summed E-state index contributed by atoms with van der Waals surface area (Å²) in [5.74, 6) is -1.35. The van der Waals surface area contributed by atoms with Crippen LogP contribution < -0.4 is 0 Å². The van der Waals surface area contributed by atoms with Crippen molar-refractivity contribution < 1.29 is 14.6 Å². The van der Waals surface area contributed by atoms with Crippen molar-refractivity contribution in [2.24, 2.45) is 5.92 Å². The SMILES string of the molecule is C=C[C@@H](C(=O)OC)[C@@](C)(O)c1ccc(Cl)cc1. The Labute approximate surface area is 106 Å². The second-order valence-corrected chi connectivity index (χ2v) is 4.33. The van der Waals surface area contributed by atoms with E-state index >= 15 is 0 Å². The number of ether oxygens (including phenoxy) is 1. The van der Waals surface area contributed by atoms with Gasteiger partial charge in [-0.1, -0.05) is 29.8 Å². The molecule has 0 radical (unpaired) electrons. The third kappa shape index (κ3) is 2.87. The predicted molar refractivity (Wildman–Crippen MR) is 66.7 cm³/mol. The molecule has 92 valence electrons. The van der Waals surface area contributed by atoms with Crippen LogP contribution in [0.1, 0.15) is 12.5 Å². The van der Waals surface area contributed by atoms with Gasteiger partial charge in [-0.2, -0.15) is 0 Å². The summed E-state index contributed by atoms with van der Waals surface area (Å²) in [7, 11) is 1.27. The van der Waals surface area contributed by atoms with E-state index in [9.17, 15) is 9.90 Å². The maximum absolute atomic E-state index is 11.6.